The Morgan fingerprint density at radius 1 is 0.769 bits per heavy atom. The highest BCUT2D eigenvalue weighted by molar-refractivity contribution is 6.28. The lowest BCUT2D eigenvalue weighted by Crippen LogP contribution is -2.34. The van der Waals surface area contributed by atoms with Crippen LogP contribution in [0.1, 0.15) is 47.8 Å². The summed E-state index contributed by atoms with van der Waals surface area (Å²) in [6, 6.07) is 24.8. The van der Waals surface area contributed by atoms with E-state index in [0.717, 1.165) is 5.56 Å². The number of nitrogens with zero attached hydrogens (tertiary/aromatic N) is 1. The minimum absolute atomic E-state index is 0.167. The van der Waals surface area contributed by atoms with Gasteiger partial charge in [0.2, 0.25) is 0 Å². The number of aromatic nitrogens is 2. The molecule has 1 aliphatic carbocycles. The summed E-state index contributed by atoms with van der Waals surface area (Å²) in [5.41, 5.74) is 3.28. The van der Waals surface area contributed by atoms with Gasteiger partial charge in [-0.15, -0.1) is 0 Å². The number of ether oxygens (including phenoxy) is 1. The molecule has 9 nitrogen and oxygen atoms in total. The molecule has 0 saturated heterocycles. The number of imide groups is 1. The molecule has 1 aliphatic rings. The Bertz CT molecular complexity index is 1790. The van der Waals surface area contributed by atoms with Crippen LogP contribution < -0.4 is 15.4 Å². The normalized spacial score (nSPS) is 12.0. The number of carbonyl (C=O) groups excluding carboxylic acids is 4. The third-order valence-electron chi connectivity index (χ3n) is 6.42. The van der Waals surface area contributed by atoms with Gasteiger partial charge >= 0.3 is 6.03 Å². The summed E-state index contributed by atoms with van der Waals surface area (Å²) < 4.78 is 5.93. The van der Waals surface area contributed by atoms with E-state index in [9.17, 15) is 19.2 Å². The number of fused-ring (bicyclic) bond motifs is 3. The number of benzene rings is 4. The zero-order chi connectivity index (χ0) is 26.9. The van der Waals surface area contributed by atoms with Gasteiger partial charge in [0.05, 0.1) is 5.52 Å². The van der Waals surface area contributed by atoms with Gasteiger partial charge in [-0.25, -0.2) is 4.79 Å². The largest absolute Gasteiger partial charge is 0.489 e. The molecule has 0 saturated carbocycles. The van der Waals surface area contributed by atoms with Crippen molar-refractivity contribution >= 4 is 40.2 Å². The van der Waals surface area contributed by atoms with Crippen LogP contribution in [0.4, 0.5) is 10.6 Å². The molecule has 0 radical (unpaired) electrons. The van der Waals surface area contributed by atoms with Gasteiger partial charge in [0.25, 0.3) is 5.91 Å². The van der Waals surface area contributed by atoms with E-state index in [2.05, 4.69) is 20.8 Å². The Labute approximate surface area is 221 Å². The molecule has 3 N–H and O–H groups in total. The Hall–Kier alpha value is -5.57. The minimum Gasteiger partial charge on any atom is -0.489 e. The third kappa shape index (κ3) is 4.53. The molecule has 0 bridgehead atoms. The molecule has 0 fully saturated rings. The van der Waals surface area contributed by atoms with E-state index in [4.69, 9.17) is 4.74 Å². The number of hydrogen-bond donors (Lipinski definition) is 3. The molecule has 1 aromatic heterocycles. The molecule has 3 amide bonds. The van der Waals surface area contributed by atoms with E-state index < -0.39 is 11.9 Å². The highest BCUT2D eigenvalue weighted by Gasteiger charge is 2.29. The molecule has 0 aliphatic heterocycles. The molecule has 39 heavy (non-hydrogen) atoms. The quantitative estimate of drug-likeness (QED) is 0.299. The maximum atomic E-state index is 13.0. The van der Waals surface area contributed by atoms with Gasteiger partial charge in [-0.2, -0.15) is 5.10 Å². The molecule has 190 valence electrons. The van der Waals surface area contributed by atoms with E-state index in [-0.39, 0.29) is 24.0 Å². The second-order valence-corrected chi connectivity index (χ2v) is 8.93. The molecule has 6 rings (SSSR count). The molecular weight excluding hydrogens is 496 g/mol. The fourth-order valence-electron chi connectivity index (χ4n) is 4.49. The highest BCUT2D eigenvalue weighted by atomic mass is 16.5. The number of amides is 3. The van der Waals surface area contributed by atoms with E-state index in [0.29, 0.717) is 44.5 Å². The Kier molecular flexibility index (Phi) is 5.93. The number of hydrogen-bond acceptors (Lipinski definition) is 6. The molecule has 5 aromatic rings. The van der Waals surface area contributed by atoms with Crippen molar-refractivity contribution < 1.29 is 23.9 Å². The van der Waals surface area contributed by atoms with Crippen molar-refractivity contribution in [1.29, 1.82) is 0 Å². The van der Waals surface area contributed by atoms with Crippen molar-refractivity contribution in [2.45, 2.75) is 6.61 Å². The number of rotatable bonds is 5. The van der Waals surface area contributed by atoms with Crippen molar-refractivity contribution in [1.82, 2.24) is 15.5 Å². The molecule has 4 aromatic carbocycles. The summed E-state index contributed by atoms with van der Waals surface area (Å²) >= 11 is 0. The lowest BCUT2D eigenvalue weighted by atomic mass is 9.83. The van der Waals surface area contributed by atoms with E-state index >= 15 is 0 Å². The number of aromatic amines is 1. The number of ketones is 2. The average Bonchev–Trinajstić information content (AvgIpc) is 3.36. The SMILES string of the molecule is O=C(NC(=O)c1ccccc1)Nc1n[nH]c2cc(OCc3ccc4c(c3)C(=O)c3ccccc3C4=O)ccc12. The fourth-order valence-corrected chi connectivity index (χ4v) is 4.49. The number of nitrogens with one attached hydrogen (secondary N) is 3. The number of anilines is 1. The summed E-state index contributed by atoms with van der Waals surface area (Å²) in [5.74, 6) is -0.0867. The van der Waals surface area contributed by atoms with Gasteiger partial charge in [0, 0.05) is 39.3 Å². The third-order valence-corrected chi connectivity index (χ3v) is 6.42. The van der Waals surface area contributed by atoms with Crippen molar-refractivity contribution in [3.63, 3.8) is 0 Å². The van der Waals surface area contributed by atoms with Crippen molar-refractivity contribution in [2.24, 2.45) is 0 Å². The van der Waals surface area contributed by atoms with Crippen LogP contribution in [-0.2, 0) is 6.61 Å². The number of H-pyrrole nitrogens is 1. The smallest absolute Gasteiger partial charge is 0.327 e. The lowest BCUT2D eigenvalue weighted by Gasteiger charge is -2.18. The molecule has 1 heterocycles. The summed E-state index contributed by atoms with van der Waals surface area (Å²) in [6.07, 6.45) is 0. The van der Waals surface area contributed by atoms with E-state index in [1.165, 1.54) is 0 Å². The molecular formula is C30H20N4O5. The van der Waals surface area contributed by atoms with Crippen LogP contribution in [0, 0.1) is 0 Å². The van der Waals surface area contributed by atoms with Gasteiger partial charge < -0.3 is 4.74 Å². The summed E-state index contributed by atoms with van der Waals surface area (Å²) in [6.45, 7) is 0.172. The van der Waals surface area contributed by atoms with Crippen LogP contribution in [0.15, 0.2) is 91.0 Å². The predicted octanol–water partition coefficient (Wildman–Crippen LogP) is 4.88. The van der Waals surface area contributed by atoms with Gasteiger partial charge in [0.15, 0.2) is 17.4 Å². The van der Waals surface area contributed by atoms with Crippen LogP contribution in [0.5, 0.6) is 5.75 Å². The molecule has 9 heteroatoms. The zero-order valence-corrected chi connectivity index (χ0v) is 20.4. The molecule has 0 spiro atoms. The van der Waals surface area contributed by atoms with Gasteiger partial charge in [0.1, 0.15) is 12.4 Å². The lowest BCUT2D eigenvalue weighted by molar-refractivity contribution is 0.0966. The van der Waals surface area contributed by atoms with Crippen LogP contribution in [0.25, 0.3) is 10.9 Å². The first-order valence-electron chi connectivity index (χ1n) is 12.1. The van der Waals surface area contributed by atoms with Crippen LogP contribution in [0.2, 0.25) is 0 Å². The average molecular weight is 517 g/mol. The second-order valence-electron chi connectivity index (χ2n) is 8.93. The van der Waals surface area contributed by atoms with Crippen LogP contribution in [-0.4, -0.2) is 33.7 Å². The molecule has 0 atom stereocenters. The minimum atomic E-state index is -0.708. The van der Waals surface area contributed by atoms with E-state index in [1.807, 2.05) is 0 Å². The van der Waals surface area contributed by atoms with Crippen LogP contribution in [0.3, 0.4) is 0 Å². The Morgan fingerprint density at radius 3 is 2.23 bits per heavy atom. The van der Waals surface area contributed by atoms with Crippen molar-refractivity contribution in [2.75, 3.05) is 5.32 Å². The Morgan fingerprint density at radius 2 is 1.46 bits per heavy atom. The summed E-state index contributed by atoms with van der Waals surface area (Å²) in [4.78, 5) is 50.3. The summed E-state index contributed by atoms with van der Waals surface area (Å²) in [7, 11) is 0. The van der Waals surface area contributed by atoms with E-state index in [1.54, 1.807) is 91.0 Å². The van der Waals surface area contributed by atoms with Gasteiger partial charge in [-0.05, 0) is 42.0 Å². The second kappa shape index (κ2) is 9.71. The maximum Gasteiger partial charge on any atom is 0.327 e. The van der Waals surface area contributed by atoms with Gasteiger partial charge in [-0.3, -0.25) is 30.1 Å². The van der Waals surface area contributed by atoms with Crippen molar-refractivity contribution in [3.8, 4) is 5.75 Å². The van der Waals surface area contributed by atoms with Crippen LogP contribution >= 0.6 is 0 Å². The predicted molar refractivity (Wildman–Crippen MR) is 143 cm³/mol. The first-order valence-corrected chi connectivity index (χ1v) is 12.1. The standard InChI is InChI=1S/C30H20N4O5/c35-26-20-8-4-5-9-21(20)27(36)24-14-17(10-12-22(24)26)16-39-19-11-13-23-25(15-19)33-34-28(23)31-30(38)32-29(37)18-6-2-1-3-7-18/h1-15H,16H2,(H3,31,32,33,34,37,38). The Balaban J connectivity index is 1.13. The first-order chi connectivity index (χ1) is 19.0. The monoisotopic (exact) mass is 516 g/mol. The van der Waals surface area contributed by atoms with Gasteiger partial charge in [-0.1, -0.05) is 48.5 Å². The summed E-state index contributed by atoms with van der Waals surface area (Å²) in [5, 5.41) is 12.4. The first kappa shape index (κ1) is 23.8. The van der Waals surface area contributed by atoms with Crippen molar-refractivity contribution in [3.05, 3.63) is 124 Å². The number of carbonyl (C=O) groups is 4. The molecule has 0 unspecified atom stereocenters. The fraction of sp³-hybridized carbons (Fsp3) is 0.0333. The zero-order valence-electron chi connectivity index (χ0n) is 20.4. The highest BCUT2D eigenvalue weighted by Crippen LogP contribution is 2.29. The topological polar surface area (TPSA) is 130 Å². The maximum absolute atomic E-state index is 13.0. The number of urea groups is 1.